The standard InChI is InChI=1S/C17H20N4O3/c1-16(2,23)17(5-6-24-9-17)21-15(22)11-7-18-14-13(11)20-12(8-19-14)10-3-4-10/h5-8,10,23H,3-4,9H2,1-2H3,(H,18,19)(H,21,22). The molecule has 0 aromatic carbocycles. The van der Waals surface area contributed by atoms with Crippen molar-refractivity contribution in [3.63, 3.8) is 0 Å². The van der Waals surface area contributed by atoms with Crippen molar-refractivity contribution in [2.24, 2.45) is 0 Å². The van der Waals surface area contributed by atoms with E-state index in [1.165, 1.54) is 6.26 Å². The van der Waals surface area contributed by atoms with E-state index in [0.29, 0.717) is 22.6 Å². The molecular weight excluding hydrogens is 308 g/mol. The van der Waals surface area contributed by atoms with Crippen LogP contribution in [0.15, 0.2) is 24.7 Å². The van der Waals surface area contributed by atoms with Crippen LogP contribution in [-0.2, 0) is 4.74 Å². The number of nitrogens with one attached hydrogen (secondary N) is 2. The Morgan fingerprint density at radius 3 is 2.92 bits per heavy atom. The molecule has 1 atom stereocenters. The van der Waals surface area contributed by atoms with Crippen LogP contribution in [-0.4, -0.2) is 43.7 Å². The summed E-state index contributed by atoms with van der Waals surface area (Å²) < 4.78 is 5.26. The molecule has 4 rings (SSSR count). The van der Waals surface area contributed by atoms with Gasteiger partial charge in [-0.1, -0.05) is 0 Å². The van der Waals surface area contributed by atoms with Gasteiger partial charge in [0, 0.05) is 12.1 Å². The first-order valence-corrected chi connectivity index (χ1v) is 8.08. The van der Waals surface area contributed by atoms with Crippen molar-refractivity contribution < 1.29 is 14.6 Å². The van der Waals surface area contributed by atoms with Gasteiger partial charge in [0.15, 0.2) is 5.65 Å². The Kier molecular flexibility index (Phi) is 3.18. The summed E-state index contributed by atoms with van der Waals surface area (Å²) in [4.78, 5) is 24.8. The molecule has 1 amide bonds. The zero-order chi connectivity index (χ0) is 16.9. The Morgan fingerprint density at radius 2 is 2.29 bits per heavy atom. The molecule has 1 fully saturated rings. The summed E-state index contributed by atoms with van der Waals surface area (Å²) in [6, 6.07) is 0. The average Bonchev–Trinajstić information content (AvgIpc) is 3.11. The van der Waals surface area contributed by atoms with Crippen LogP contribution in [0.4, 0.5) is 0 Å². The van der Waals surface area contributed by atoms with Gasteiger partial charge in [0.05, 0.1) is 29.3 Å². The topological polar surface area (TPSA) is 100 Å². The van der Waals surface area contributed by atoms with E-state index in [1.807, 2.05) is 0 Å². The second-order valence-electron chi connectivity index (χ2n) is 7.07. The number of hydrogen-bond donors (Lipinski definition) is 3. The molecule has 1 aliphatic carbocycles. The van der Waals surface area contributed by atoms with Gasteiger partial charge in [-0.25, -0.2) is 9.97 Å². The van der Waals surface area contributed by atoms with Crippen molar-refractivity contribution in [2.75, 3.05) is 6.61 Å². The Bertz CT molecular complexity index is 832. The van der Waals surface area contributed by atoms with Gasteiger partial charge in [-0.05, 0) is 32.8 Å². The second kappa shape index (κ2) is 5.04. The van der Waals surface area contributed by atoms with Crippen molar-refractivity contribution in [1.82, 2.24) is 20.3 Å². The molecule has 7 heteroatoms. The third-order valence-corrected chi connectivity index (χ3v) is 4.83. The lowest BCUT2D eigenvalue weighted by atomic mass is 9.83. The van der Waals surface area contributed by atoms with Crippen molar-refractivity contribution >= 4 is 17.1 Å². The van der Waals surface area contributed by atoms with Crippen LogP contribution < -0.4 is 5.32 Å². The highest BCUT2D eigenvalue weighted by Crippen LogP contribution is 2.39. The molecule has 7 nitrogen and oxygen atoms in total. The SMILES string of the molecule is CC(C)(O)C1(NC(=O)c2c[nH]c3ncc(C4CC4)nc23)C=COC1. The van der Waals surface area contributed by atoms with Crippen LogP contribution in [0.1, 0.15) is 48.7 Å². The van der Waals surface area contributed by atoms with E-state index in [2.05, 4.69) is 20.3 Å². The van der Waals surface area contributed by atoms with Crippen molar-refractivity contribution in [3.05, 3.63) is 36.0 Å². The van der Waals surface area contributed by atoms with Crippen molar-refractivity contribution in [2.45, 2.75) is 43.7 Å². The van der Waals surface area contributed by atoms with Crippen LogP contribution in [0.3, 0.4) is 0 Å². The zero-order valence-electron chi connectivity index (χ0n) is 13.7. The Morgan fingerprint density at radius 1 is 1.50 bits per heavy atom. The number of aromatic amines is 1. The fourth-order valence-corrected chi connectivity index (χ4v) is 2.93. The summed E-state index contributed by atoms with van der Waals surface area (Å²) in [6.07, 6.45) is 8.80. The molecule has 2 aromatic rings. The number of aromatic nitrogens is 3. The number of amides is 1. The molecule has 3 heterocycles. The molecule has 24 heavy (non-hydrogen) atoms. The van der Waals surface area contributed by atoms with Gasteiger partial charge in [-0.3, -0.25) is 4.79 Å². The van der Waals surface area contributed by atoms with Gasteiger partial charge in [0.1, 0.15) is 17.7 Å². The molecule has 126 valence electrons. The molecule has 1 unspecified atom stereocenters. The molecular formula is C17H20N4O3. The summed E-state index contributed by atoms with van der Waals surface area (Å²) in [5, 5.41) is 13.4. The Labute approximate surface area is 139 Å². The molecule has 0 bridgehead atoms. The van der Waals surface area contributed by atoms with Gasteiger partial charge in [-0.2, -0.15) is 0 Å². The maximum absolute atomic E-state index is 12.8. The lowest BCUT2D eigenvalue weighted by Gasteiger charge is -2.38. The molecule has 1 saturated carbocycles. The number of aliphatic hydroxyl groups is 1. The molecule has 0 spiro atoms. The highest BCUT2D eigenvalue weighted by Gasteiger charge is 2.46. The summed E-state index contributed by atoms with van der Waals surface area (Å²) in [5.74, 6) is 0.141. The first-order chi connectivity index (χ1) is 11.4. The minimum absolute atomic E-state index is 0.184. The van der Waals surface area contributed by atoms with Gasteiger partial charge in [0.2, 0.25) is 0 Å². The summed E-state index contributed by atoms with van der Waals surface area (Å²) in [6.45, 7) is 3.47. The predicted octanol–water partition coefficient (Wildman–Crippen LogP) is 1.62. The molecule has 3 N–H and O–H groups in total. The van der Waals surface area contributed by atoms with Crippen LogP contribution in [0.5, 0.6) is 0 Å². The van der Waals surface area contributed by atoms with E-state index in [0.717, 1.165) is 18.5 Å². The molecule has 2 aromatic heterocycles. The smallest absolute Gasteiger partial charge is 0.255 e. The number of hydrogen-bond acceptors (Lipinski definition) is 5. The van der Waals surface area contributed by atoms with E-state index in [9.17, 15) is 9.90 Å². The largest absolute Gasteiger partial charge is 0.499 e. The molecule has 0 radical (unpaired) electrons. The van der Waals surface area contributed by atoms with Gasteiger partial charge < -0.3 is 20.1 Å². The van der Waals surface area contributed by atoms with E-state index in [-0.39, 0.29) is 12.5 Å². The van der Waals surface area contributed by atoms with Crippen molar-refractivity contribution in [3.8, 4) is 0 Å². The minimum atomic E-state index is -1.17. The summed E-state index contributed by atoms with van der Waals surface area (Å²) in [7, 11) is 0. The number of fused-ring (bicyclic) bond motifs is 1. The van der Waals surface area contributed by atoms with E-state index < -0.39 is 11.1 Å². The highest BCUT2D eigenvalue weighted by atomic mass is 16.5. The normalized spacial score (nSPS) is 23.5. The highest BCUT2D eigenvalue weighted by molar-refractivity contribution is 6.05. The zero-order valence-corrected chi connectivity index (χ0v) is 13.7. The quantitative estimate of drug-likeness (QED) is 0.792. The van der Waals surface area contributed by atoms with Crippen LogP contribution in [0, 0.1) is 0 Å². The third kappa shape index (κ3) is 2.36. The summed E-state index contributed by atoms with van der Waals surface area (Å²) in [5.41, 5.74) is 0.342. The van der Waals surface area contributed by atoms with E-state index in [1.54, 1.807) is 32.3 Å². The van der Waals surface area contributed by atoms with Crippen LogP contribution in [0.2, 0.25) is 0 Å². The first kappa shape index (κ1) is 15.1. The lowest BCUT2D eigenvalue weighted by molar-refractivity contribution is -0.0124. The average molecular weight is 328 g/mol. The van der Waals surface area contributed by atoms with Crippen LogP contribution >= 0.6 is 0 Å². The number of carbonyl (C=O) groups is 1. The van der Waals surface area contributed by atoms with Gasteiger partial charge in [-0.15, -0.1) is 0 Å². The minimum Gasteiger partial charge on any atom is -0.499 e. The van der Waals surface area contributed by atoms with Gasteiger partial charge in [0.25, 0.3) is 5.91 Å². The molecule has 0 saturated heterocycles. The number of carbonyl (C=O) groups excluding carboxylic acids is 1. The maximum Gasteiger partial charge on any atom is 0.255 e. The third-order valence-electron chi connectivity index (χ3n) is 4.83. The van der Waals surface area contributed by atoms with E-state index >= 15 is 0 Å². The maximum atomic E-state index is 12.8. The van der Waals surface area contributed by atoms with Crippen LogP contribution in [0.25, 0.3) is 11.2 Å². The Balaban J connectivity index is 1.68. The fourth-order valence-electron chi connectivity index (χ4n) is 2.93. The fraction of sp³-hybridized carbons (Fsp3) is 0.471. The Hall–Kier alpha value is -2.41. The predicted molar refractivity (Wildman–Crippen MR) is 87.5 cm³/mol. The number of H-pyrrole nitrogens is 1. The second-order valence-corrected chi connectivity index (χ2v) is 7.07. The van der Waals surface area contributed by atoms with Gasteiger partial charge >= 0.3 is 0 Å². The number of rotatable bonds is 4. The number of nitrogens with zero attached hydrogens (tertiary/aromatic N) is 2. The first-order valence-electron chi connectivity index (χ1n) is 8.08. The van der Waals surface area contributed by atoms with E-state index in [4.69, 9.17) is 4.74 Å². The molecule has 2 aliphatic rings. The molecule has 1 aliphatic heterocycles. The van der Waals surface area contributed by atoms with Crippen molar-refractivity contribution in [1.29, 1.82) is 0 Å². The summed E-state index contributed by atoms with van der Waals surface area (Å²) >= 11 is 0. The number of ether oxygens (including phenoxy) is 1. The lowest BCUT2D eigenvalue weighted by Crippen LogP contribution is -2.61. The monoisotopic (exact) mass is 328 g/mol.